The van der Waals surface area contributed by atoms with Crippen LogP contribution in [-0.2, 0) is 25.6 Å². The van der Waals surface area contributed by atoms with E-state index in [1.807, 2.05) is 54.6 Å². The normalized spacial score (nSPS) is 17.3. The first-order valence-electron chi connectivity index (χ1n) is 11.0. The molecule has 8 nitrogen and oxygen atoms in total. The van der Waals surface area contributed by atoms with Crippen molar-refractivity contribution in [3.8, 4) is 11.1 Å². The molecule has 0 spiro atoms. The van der Waals surface area contributed by atoms with Gasteiger partial charge in [0.25, 0.3) is 0 Å². The minimum absolute atomic E-state index is 0.327. The highest BCUT2D eigenvalue weighted by atomic mass is 16.4. The Hall–Kier alpha value is -3.52. The van der Waals surface area contributed by atoms with Gasteiger partial charge in [-0.3, -0.25) is 19.2 Å². The fourth-order valence-electron chi connectivity index (χ4n) is 4.06. The summed E-state index contributed by atoms with van der Waals surface area (Å²) in [5.74, 6) is -2.49. The molecule has 4 N–H and O–H groups in total. The van der Waals surface area contributed by atoms with Gasteiger partial charge in [0.2, 0.25) is 11.8 Å². The number of nitrogens with zero attached hydrogens (tertiary/aromatic N) is 1. The van der Waals surface area contributed by atoms with Crippen molar-refractivity contribution < 1.29 is 24.3 Å². The number of carbonyl (C=O) groups excluding carboxylic acids is 3. The van der Waals surface area contributed by atoms with Crippen LogP contribution in [0.2, 0.25) is 0 Å². The number of hydrogen-bond donors (Lipinski definition) is 3. The van der Waals surface area contributed by atoms with Gasteiger partial charge in [-0.1, -0.05) is 54.6 Å². The van der Waals surface area contributed by atoms with E-state index >= 15 is 0 Å². The number of rotatable bonds is 9. The van der Waals surface area contributed by atoms with E-state index in [2.05, 4.69) is 5.32 Å². The fraction of sp³-hybridized carbons (Fsp3) is 0.360. The van der Waals surface area contributed by atoms with Crippen molar-refractivity contribution in [2.75, 3.05) is 6.54 Å². The van der Waals surface area contributed by atoms with Crippen molar-refractivity contribution in [3.05, 3.63) is 60.2 Å². The maximum absolute atomic E-state index is 13.0. The number of ketones is 1. The number of carboxylic acid groups (broad SMARTS) is 1. The quantitative estimate of drug-likeness (QED) is 0.533. The predicted octanol–water partition coefficient (Wildman–Crippen LogP) is 1.76. The molecule has 1 fully saturated rings. The Labute approximate surface area is 192 Å². The molecule has 8 heteroatoms. The monoisotopic (exact) mass is 451 g/mol. The molecule has 0 unspecified atom stereocenters. The Morgan fingerprint density at radius 3 is 2.30 bits per heavy atom. The van der Waals surface area contributed by atoms with E-state index in [4.69, 9.17) is 10.8 Å². The molecule has 0 aromatic heterocycles. The smallest absolute Gasteiger partial charge is 0.305 e. The highest BCUT2D eigenvalue weighted by Crippen LogP contribution is 2.22. The Kier molecular flexibility index (Phi) is 7.95. The van der Waals surface area contributed by atoms with Crippen molar-refractivity contribution in [2.45, 2.75) is 50.7 Å². The zero-order valence-electron chi connectivity index (χ0n) is 18.6. The van der Waals surface area contributed by atoms with E-state index in [9.17, 15) is 19.2 Å². The predicted molar refractivity (Wildman–Crippen MR) is 123 cm³/mol. The lowest BCUT2D eigenvalue weighted by atomic mass is 10.0. The van der Waals surface area contributed by atoms with E-state index in [1.54, 1.807) is 0 Å². The van der Waals surface area contributed by atoms with Gasteiger partial charge >= 0.3 is 5.97 Å². The fourth-order valence-corrected chi connectivity index (χ4v) is 4.06. The Morgan fingerprint density at radius 1 is 1.06 bits per heavy atom. The third-order valence-corrected chi connectivity index (χ3v) is 5.86. The summed E-state index contributed by atoms with van der Waals surface area (Å²) in [6.45, 7) is 1.62. The molecule has 2 aromatic carbocycles. The first-order valence-corrected chi connectivity index (χ1v) is 11.0. The number of likely N-dealkylation sites (tertiary alicyclic amines) is 1. The lowest BCUT2D eigenvalue weighted by Crippen LogP contribution is -2.54. The van der Waals surface area contributed by atoms with Crippen molar-refractivity contribution in [1.82, 2.24) is 10.2 Å². The molecule has 2 aromatic rings. The van der Waals surface area contributed by atoms with E-state index in [-0.39, 0.29) is 5.91 Å². The van der Waals surface area contributed by atoms with Gasteiger partial charge in [0.15, 0.2) is 5.78 Å². The topological polar surface area (TPSA) is 130 Å². The second-order valence-electron chi connectivity index (χ2n) is 8.33. The third-order valence-electron chi connectivity index (χ3n) is 5.86. The van der Waals surface area contributed by atoms with Gasteiger partial charge in [0.05, 0.1) is 18.5 Å². The van der Waals surface area contributed by atoms with Crippen LogP contribution < -0.4 is 11.1 Å². The summed E-state index contributed by atoms with van der Waals surface area (Å²) in [5, 5.41) is 11.4. The molecule has 1 aliphatic rings. The maximum Gasteiger partial charge on any atom is 0.305 e. The standard InChI is InChI=1S/C25H29N3O5/c1-16(29)21(15-23(30)31)27-24(32)22-8-5-13-28(22)25(33)20(26)14-17-9-11-19(12-10-17)18-6-3-2-4-7-18/h2-4,6-7,9-12,20-22H,5,8,13-15,26H2,1H3,(H,27,32)(H,30,31)/t20-,21-,22-/m0/s1. The molecule has 2 amide bonds. The lowest BCUT2D eigenvalue weighted by Gasteiger charge is -2.28. The minimum Gasteiger partial charge on any atom is -0.481 e. The summed E-state index contributed by atoms with van der Waals surface area (Å²) in [6.07, 6.45) is 0.897. The maximum atomic E-state index is 13.0. The second kappa shape index (κ2) is 10.9. The number of nitrogens with two attached hydrogens (primary N) is 1. The van der Waals surface area contributed by atoms with Crippen LogP contribution in [0.15, 0.2) is 54.6 Å². The zero-order chi connectivity index (χ0) is 24.0. The molecule has 1 saturated heterocycles. The molecule has 0 aliphatic carbocycles. The first-order chi connectivity index (χ1) is 15.8. The summed E-state index contributed by atoms with van der Waals surface area (Å²) >= 11 is 0. The van der Waals surface area contributed by atoms with Gasteiger partial charge in [0.1, 0.15) is 6.04 Å². The third kappa shape index (κ3) is 6.26. The van der Waals surface area contributed by atoms with E-state index in [1.165, 1.54) is 11.8 Å². The van der Waals surface area contributed by atoms with Crippen LogP contribution in [0.5, 0.6) is 0 Å². The molecule has 0 radical (unpaired) electrons. The number of nitrogens with one attached hydrogen (secondary N) is 1. The average molecular weight is 452 g/mol. The number of carboxylic acids is 1. The van der Waals surface area contributed by atoms with Crippen molar-refractivity contribution in [2.24, 2.45) is 5.73 Å². The molecule has 1 aliphatic heterocycles. The summed E-state index contributed by atoms with van der Waals surface area (Å²) in [6, 6.07) is 15.1. The Morgan fingerprint density at radius 2 is 1.70 bits per heavy atom. The average Bonchev–Trinajstić information content (AvgIpc) is 3.29. The van der Waals surface area contributed by atoms with Gasteiger partial charge in [-0.2, -0.15) is 0 Å². The number of Topliss-reactive ketones (excluding diaryl/α,β-unsaturated/α-hetero) is 1. The van der Waals surface area contributed by atoms with Gasteiger partial charge in [0, 0.05) is 6.54 Å². The largest absolute Gasteiger partial charge is 0.481 e. The van der Waals surface area contributed by atoms with Crippen molar-refractivity contribution in [3.63, 3.8) is 0 Å². The molecule has 174 valence electrons. The second-order valence-corrected chi connectivity index (χ2v) is 8.33. The van der Waals surface area contributed by atoms with Gasteiger partial charge in [-0.25, -0.2) is 0 Å². The van der Waals surface area contributed by atoms with Crippen molar-refractivity contribution >= 4 is 23.6 Å². The van der Waals surface area contributed by atoms with E-state index in [0.717, 1.165) is 16.7 Å². The number of carbonyl (C=O) groups is 4. The van der Waals surface area contributed by atoms with Crippen LogP contribution >= 0.6 is 0 Å². The molecular weight excluding hydrogens is 422 g/mol. The van der Waals surface area contributed by atoms with E-state index in [0.29, 0.717) is 25.8 Å². The van der Waals surface area contributed by atoms with E-state index < -0.39 is 42.2 Å². The molecule has 0 saturated carbocycles. The first kappa shape index (κ1) is 24.1. The van der Waals surface area contributed by atoms with Crippen LogP contribution in [0.1, 0.15) is 31.7 Å². The van der Waals surface area contributed by atoms with Gasteiger partial charge in [-0.15, -0.1) is 0 Å². The molecule has 0 bridgehead atoms. The molecule has 3 atom stereocenters. The van der Waals surface area contributed by atoms with Gasteiger partial charge < -0.3 is 21.1 Å². The Balaban J connectivity index is 1.62. The number of benzene rings is 2. The van der Waals surface area contributed by atoms with Crippen LogP contribution in [-0.4, -0.2) is 58.2 Å². The SMILES string of the molecule is CC(=O)[C@H](CC(=O)O)NC(=O)[C@@H]1CCCN1C(=O)[C@@H](N)Cc1ccc(-c2ccccc2)cc1. The molecular formula is C25H29N3O5. The molecule has 1 heterocycles. The molecule has 3 rings (SSSR count). The van der Waals surface area contributed by atoms with Crippen molar-refractivity contribution in [1.29, 1.82) is 0 Å². The lowest BCUT2D eigenvalue weighted by molar-refractivity contribution is -0.142. The highest BCUT2D eigenvalue weighted by molar-refractivity contribution is 5.94. The summed E-state index contributed by atoms with van der Waals surface area (Å²) < 4.78 is 0. The number of aliphatic carboxylic acids is 1. The summed E-state index contributed by atoms with van der Waals surface area (Å²) in [4.78, 5) is 49.8. The minimum atomic E-state index is -1.19. The van der Waals surface area contributed by atoms with Crippen LogP contribution in [0.3, 0.4) is 0 Å². The number of amides is 2. The Bertz CT molecular complexity index is 1010. The van der Waals surface area contributed by atoms with Crippen LogP contribution in [0, 0.1) is 0 Å². The van der Waals surface area contributed by atoms with Crippen LogP contribution in [0.4, 0.5) is 0 Å². The summed E-state index contributed by atoms with van der Waals surface area (Å²) in [5.41, 5.74) is 9.28. The zero-order valence-corrected chi connectivity index (χ0v) is 18.6. The van der Waals surface area contributed by atoms with Crippen LogP contribution in [0.25, 0.3) is 11.1 Å². The van der Waals surface area contributed by atoms with Gasteiger partial charge in [-0.05, 0) is 42.9 Å². The number of hydrogen-bond acceptors (Lipinski definition) is 5. The highest BCUT2D eigenvalue weighted by Gasteiger charge is 2.37. The molecule has 33 heavy (non-hydrogen) atoms. The summed E-state index contributed by atoms with van der Waals surface area (Å²) in [7, 11) is 0.